The lowest BCUT2D eigenvalue weighted by Crippen LogP contribution is -2.32. The topological polar surface area (TPSA) is 49.4 Å². The number of anilines is 2. The van der Waals surface area contributed by atoms with E-state index in [1.807, 2.05) is 30.3 Å². The molecule has 0 unspecified atom stereocenters. The number of thioether (sulfide) groups is 1. The molecule has 1 N–H and O–H groups in total. The van der Waals surface area contributed by atoms with Gasteiger partial charge in [-0.15, -0.1) is 0 Å². The van der Waals surface area contributed by atoms with Crippen LogP contribution in [-0.2, 0) is 9.59 Å². The smallest absolute Gasteiger partial charge is 0.283 e. The number of imide groups is 1. The molecule has 3 aromatic carbocycles. The Hall–Kier alpha value is -2.44. The van der Waals surface area contributed by atoms with Gasteiger partial charge in [0, 0.05) is 15.6 Å². The van der Waals surface area contributed by atoms with Crippen molar-refractivity contribution in [3.63, 3.8) is 0 Å². The number of benzene rings is 3. The summed E-state index contributed by atoms with van der Waals surface area (Å²) in [4.78, 5) is 28.7. The summed E-state index contributed by atoms with van der Waals surface area (Å²) >= 11 is 19.4. The first-order valence-electron chi connectivity index (χ1n) is 8.77. The van der Waals surface area contributed by atoms with Crippen molar-refractivity contribution < 1.29 is 9.59 Å². The van der Waals surface area contributed by atoms with Crippen molar-refractivity contribution >= 4 is 69.8 Å². The third-order valence-corrected chi connectivity index (χ3v) is 6.32. The van der Waals surface area contributed by atoms with Gasteiger partial charge in [0.1, 0.15) is 10.6 Å². The highest BCUT2D eigenvalue weighted by Crippen LogP contribution is 2.39. The van der Waals surface area contributed by atoms with E-state index in [1.54, 1.807) is 36.4 Å². The lowest BCUT2D eigenvalue weighted by Gasteiger charge is -2.16. The van der Waals surface area contributed by atoms with Crippen molar-refractivity contribution in [3.05, 3.63) is 98.5 Å². The monoisotopic (exact) mass is 474 g/mol. The lowest BCUT2D eigenvalue weighted by atomic mass is 10.3. The summed E-state index contributed by atoms with van der Waals surface area (Å²) in [7, 11) is 0. The Balaban J connectivity index is 1.76. The Morgan fingerprint density at radius 2 is 1.53 bits per heavy atom. The van der Waals surface area contributed by atoms with Gasteiger partial charge in [0.05, 0.1) is 15.7 Å². The molecule has 30 heavy (non-hydrogen) atoms. The Bertz CT molecular complexity index is 1180. The highest BCUT2D eigenvalue weighted by atomic mass is 35.5. The highest BCUT2D eigenvalue weighted by Gasteiger charge is 2.40. The number of nitrogens with one attached hydrogen (secondary N) is 1. The highest BCUT2D eigenvalue weighted by molar-refractivity contribution is 8.04. The number of carbonyl (C=O) groups excluding carboxylic acids is 2. The van der Waals surface area contributed by atoms with Crippen LogP contribution < -0.4 is 10.2 Å². The second-order valence-electron chi connectivity index (χ2n) is 6.30. The summed E-state index contributed by atoms with van der Waals surface area (Å²) in [5, 5.41) is 4.16. The van der Waals surface area contributed by atoms with E-state index in [-0.39, 0.29) is 15.6 Å². The maximum Gasteiger partial charge on any atom is 0.283 e. The first-order chi connectivity index (χ1) is 14.4. The van der Waals surface area contributed by atoms with E-state index in [4.69, 9.17) is 34.8 Å². The summed E-state index contributed by atoms with van der Waals surface area (Å²) in [5.41, 5.74) is 1.11. The largest absolute Gasteiger partial charge is 0.350 e. The predicted octanol–water partition coefficient (Wildman–Crippen LogP) is 6.64. The quantitative estimate of drug-likeness (QED) is 0.420. The molecule has 8 heteroatoms. The predicted molar refractivity (Wildman–Crippen MR) is 123 cm³/mol. The molecule has 4 rings (SSSR count). The zero-order chi connectivity index (χ0) is 21.3. The van der Waals surface area contributed by atoms with Crippen molar-refractivity contribution in [2.24, 2.45) is 0 Å². The van der Waals surface area contributed by atoms with Crippen molar-refractivity contribution in [2.45, 2.75) is 4.90 Å². The summed E-state index contributed by atoms with van der Waals surface area (Å²) in [6, 6.07) is 20.9. The average molecular weight is 476 g/mol. The van der Waals surface area contributed by atoms with E-state index >= 15 is 0 Å². The van der Waals surface area contributed by atoms with Crippen LogP contribution >= 0.6 is 46.6 Å². The van der Waals surface area contributed by atoms with Crippen molar-refractivity contribution in [2.75, 3.05) is 10.2 Å². The van der Waals surface area contributed by atoms with E-state index in [1.165, 1.54) is 17.8 Å². The van der Waals surface area contributed by atoms with E-state index in [9.17, 15) is 9.59 Å². The van der Waals surface area contributed by atoms with Gasteiger partial charge in [0.25, 0.3) is 11.8 Å². The van der Waals surface area contributed by atoms with Gasteiger partial charge in [-0.2, -0.15) is 0 Å². The molecule has 0 saturated carbocycles. The Kier molecular flexibility index (Phi) is 6.06. The number of amides is 2. The van der Waals surface area contributed by atoms with Crippen molar-refractivity contribution in [3.8, 4) is 0 Å². The Morgan fingerprint density at radius 3 is 2.23 bits per heavy atom. The van der Waals surface area contributed by atoms with Gasteiger partial charge in [0.15, 0.2) is 0 Å². The number of hydrogen-bond donors (Lipinski definition) is 1. The minimum atomic E-state index is -0.489. The first kappa shape index (κ1) is 20.8. The first-order valence-corrected chi connectivity index (χ1v) is 10.7. The molecule has 0 radical (unpaired) electrons. The second kappa shape index (κ2) is 8.74. The fraction of sp³-hybridized carbons (Fsp3) is 0. The van der Waals surface area contributed by atoms with Gasteiger partial charge in [-0.3, -0.25) is 9.59 Å². The maximum absolute atomic E-state index is 13.3. The molecule has 3 aromatic rings. The van der Waals surface area contributed by atoms with E-state index in [0.717, 1.165) is 9.80 Å². The third-order valence-electron chi connectivity index (χ3n) is 4.26. The van der Waals surface area contributed by atoms with Crippen LogP contribution in [0.3, 0.4) is 0 Å². The number of nitrogens with zero attached hydrogens (tertiary/aromatic N) is 1. The molecule has 4 nitrogen and oxygen atoms in total. The molecule has 1 aliphatic rings. The van der Waals surface area contributed by atoms with Crippen molar-refractivity contribution in [1.82, 2.24) is 0 Å². The van der Waals surface area contributed by atoms with Gasteiger partial charge in [0.2, 0.25) is 0 Å². The molecule has 0 saturated heterocycles. The van der Waals surface area contributed by atoms with Crippen LogP contribution in [0.1, 0.15) is 0 Å². The SMILES string of the molecule is O=C1C(Nc2cccc(Cl)c2)=C(Sc2ccccc2)C(=O)N1c1ccc(Cl)c(Cl)c1. The fourth-order valence-electron chi connectivity index (χ4n) is 2.89. The summed E-state index contributed by atoms with van der Waals surface area (Å²) in [6.45, 7) is 0. The third kappa shape index (κ3) is 4.20. The lowest BCUT2D eigenvalue weighted by molar-refractivity contribution is -0.120. The molecule has 0 aliphatic carbocycles. The molecule has 150 valence electrons. The molecule has 0 bridgehead atoms. The molecular formula is C22H13Cl3N2O2S. The van der Waals surface area contributed by atoms with E-state index in [2.05, 4.69) is 5.32 Å². The van der Waals surface area contributed by atoms with Gasteiger partial charge < -0.3 is 5.32 Å². The maximum atomic E-state index is 13.3. The van der Waals surface area contributed by atoms with Gasteiger partial charge >= 0.3 is 0 Å². The zero-order valence-corrected chi connectivity index (χ0v) is 18.3. The van der Waals surface area contributed by atoms with Crippen molar-refractivity contribution in [1.29, 1.82) is 0 Å². The molecule has 0 fully saturated rings. The molecule has 2 amide bonds. The number of carbonyl (C=O) groups is 2. The fourth-order valence-corrected chi connectivity index (χ4v) is 4.32. The summed E-state index contributed by atoms with van der Waals surface area (Å²) in [5.74, 6) is -0.937. The Morgan fingerprint density at radius 1 is 0.767 bits per heavy atom. The molecule has 1 aliphatic heterocycles. The van der Waals surface area contributed by atoms with Gasteiger partial charge in [-0.25, -0.2) is 4.90 Å². The minimum absolute atomic E-state index is 0.169. The number of rotatable bonds is 5. The standard InChI is InChI=1S/C22H13Cl3N2O2S/c23-13-5-4-6-14(11-13)26-19-20(30-16-7-2-1-3-8-16)22(29)27(21(19)28)15-9-10-17(24)18(25)12-15/h1-12,26H. The normalized spacial score (nSPS) is 13.9. The number of halogens is 3. The molecule has 0 spiro atoms. The van der Waals surface area contributed by atoms with Crippen LogP contribution in [0.5, 0.6) is 0 Å². The van der Waals surface area contributed by atoms with E-state index < -0.39 is 11.8 Å². The zero-order valence-electron chi connectivity index (χ0n) is 15.2. The Labute approximate surface area is 192 Å². The average Bonchev–Trinajstić information content (AvgIpc) is 2.95. The van der Waals surface area contributed by atoms with Gasteiger partial charge in [-0.05, 0) is 48.5 Å². The molecular weight excluding hydrogens is 463 g/mol. The molecule has 0 atom stereocenters. The second-order valence-corrected chi connectivity index (χ2v) is 8.63. The summed E-state index contributed by atoms with van der Waals surface area (Å²) < 4.78 is 0. The van der Waals surface area contributed by atoms with Crippen LogP contribution in [-0.4, -0.2) is 11.8 Å². The number of hydrogen-bond acceptors (Lipinski definition) is 4. The van der Waals surface area contributed by atoms with Crippen LogP contribution in [0, 0.1) is 0 Å². The van der Waals surface area contributed by atoms with Crippen LogP contribution in [0.4, 0.5) is 11.4 Å². The molecule has 1 heterocycles. The van der Waals surface area contributed by atoms with Crippen LogP contribution in [0.25, 0.3) is 0 Å². The van der Waals surface area contributed by atoms with Crippen LogP contribution in [0.2, 0.25) is 15.1 Å². The summed E-state index contributed by atoms with van der Waals surface area (Å²) in [6.07, 6.45) is 0. The van der Waals surface area contributed by atoms with E-state index in [0.29, 0.717) is 21.4 Å². The van der Waals surface area contributed by atoms with Gasteiger partial charge in [-0.1, -0.05) is 70.8 Å². The van der Waals surface area contributed by atoms with Crippen LogP contribution in [0.15, 0.2) is 88.3 Å². The molecule has 0 aromatic heterocycles. The minimum Gasteiger partial charge on any atom is -0.350 e.